The molecule has 0 saturated heterocycles. The highest BCUT2D eigenvalue weighted by Gasteiger charge is 2.25. The van der Waals surface area contributed by atoms with Crippen LogP contribution in [0.3, 0.4) is 0 Å². The standard InChI is InChI=1S/C13H15BrClNO/c1-8(9-3-2-4-9)16-13(17)11-7-10(15)5-6-12(11)14/h5-9H,2-4H2,1H3,(H,16,17). The molecule has 1 aromatic carbocycles. The van der Waals surface area contributed by atoms with Crippen molar-refractivity contribution in [1.82, 2.24) is 5.32 Å². The first-order valence-electron chi connectivity index (χ1n) is 5.84. The molecule has 1 fully saturated rings. The third-order valence-corrected chi connectivity index (χ3v) is 4.32. The maximum absolute atomic E-state index is 12.1. The second-order valence-electron chi connectivity index (χ2n) is 4.58. The van der Waals surface area contributed by atoms with E-state index in [0.29, 0.717) is 16.5 Å². The number of amides is 1. The number of carbonyl (C=O) groups is 1. The minimum atomic E-state index is -0.0567. The zero-order chi connectivity index (χ0) is 12.4. The molecule has 0 radical (unpaired) electrons. The summed E-state index contributed by atoms with van der Waals surface area (Å²) in [4.78, 5) is 12.1. The molecule has 1 unspecified atom stereocenters. The van der Waals surface area contributed by atoms with E-state index in [4.69, 9.17) is 11.6 Å². The van der Waals surface area contributed by atoms with Crippen LogP contribution >= 0.6 is 27.5 Å². The SMILES string of the molecule is CC(NC(=O)c1cc(Cl)ccc1Br)C1CCC1. The Balaban J connectivity index is 2.05. The van der Waals surface area contributed by atoms with Crippen molar-refractivity contribution in [2.45, 2.75) is 32.2 Å². The fraction of sp³-hybridized carbons (Fsp3) is 0.462. The van der Waals surface area contributed by atoms with E-state index >= 15 is 0 Å². The molecule has 1 aromatic rings. The molecule has 1 aliphatic rings. The Bertz CT molecular complexity index is 431. The largest absolute Gasteiger partial charge is 0.349 e. The van der Waals surface area contributed by atoms with Gasteiger partial charge in [0.1, 0.15) is 0 Å². The third kappa shape index (κ3) is 3.02. The Hall–Kier alpha value is -0.540. The number of carbonyl (C=O) groups excluding carboxylic acids is 1. The van der Waals surface area contributed by atoms with Crippen LogP contribution in [0.1, 0.15) is 36.5 Å². The maximum atomic E-state index is 12.1. The van der Waals surface area contributed by atoms with Crippen LogP contribution in [0.4, 0.5) is 0 Å². The van der Waals surface area contributed by atoms with Crippen LogP contribution in [0, 0.1) is 5.92 Å². The number of hydrogen-bond donors (Lipinski definition) is 1. The quantitative estimate of drug-likeness (QED) is 0.896. The molecule has 2 nitrogen and oxygen atoms in total. The van der Waals surface area contributed by atoms with Gasteiger partial charge in [0, 0.05) is 15.5 Å². The van der Waals surface area contributed by atoms with Crippen molar-refractivity contribution in [2.24, 2.45) is 5.92 Å². The van der Waals surface area contributed by atoms with Crippen molar-refractivity contribution in [1.29, 1.82) is 0 Å². The smallest absolute Gasteiger partial charge is 0.252 e. The predicted octanol–water partition coefficient (Wildman–Crippen LogP) is 4.02. The summed E-state index contributed by atoms with van der Waals surface area (Å²) in [5, 5.41) is 3.62. The van der Waals surface area contributed by atoms with Crippen LogP contribution < -0.4 is 5.32 Å². The average Bonchev–Trinajstić information content (AvgIpc) is 2.18. The molecule has 1 N–H and O–H groups in total. The molecule has 1 saturated carbocycles. The van der Waals surface area contributed by atoms with Crippen molar-refractivity contribution in [3.63, 3.8) is 0 Å². The van der Waals surface area contributed by atoms with E-state index in [2.05, 4.69) is 28.2 Å². The summed E-state index contributed by atoms with van der Waals surface area (Å²) in [6.45, 7) is 2.07. The molecule has 17 heavy (non-hydrogen) atoms. The lowest BCUT2D eigenvalue weighted by Crippen LogP contribution is -2.40. The van der Waals surface area contributed by atoms with Crippen molar-refractivity contribution >= 4 is 33.4 Å². The first kappa shape index (κ1) is 12.9. The minimum Gasteiger partial charge on any atom is -0.349 e. The number of benzene rings is 1. The van der Waals surface area contributed by atoms with E-state index in [-0.39, 0.29) is 11.9 Å². The highest BCUT2D eigenvalue weighted by atomic mass is 79.9. The second kappa shape index (κ2) is 5.40. The number of nitrogens with one attached hydrogen (secondary N) is 1. The Labute approximate surface area is 115 Å². The maximum Gasteiger partial charge on any atom is 0.252 e. The summed E-state index contributed by atoms with van der Waals surface area (Å²) in [6, 6.07) is 5.49. The van der Waals surface area contributed by atoms with Crippen LogP contribution in [0.15, 0.2) is 22.7 Å². The van der Waals surface area contributed by atoms with Crippen LogP contribution in [0.5, 0.6) is 0 Å². The average molecular weight is 317 g/mol. The summed E-state index contributed by atoms with van der Waals surface area (Å²) < 4.78 is 0.778. The normalized spacial score (nSPS) is 17.4. The molecule has 4 heteroatoms. The summed E-state index contributed by atoms with van der Waals surface area (Å²) in [7, 11) is 0. The van der Waals surface area contributed by atoms with Gasteiger partial charge in [-0.1, -0.05) is 18.0 Å². The zero-order valence-corrected chi connectivity index (χ0v) is 12.0. The van der Waals surface area contributed by atoms with Gasteiger partial charge in [-0.3, -0.25) is 4.79 Å². The minimum absolute atomic E-state index is 0.0567. The van der Waals surface area contributed by atoms with Gasteiger partial charge >= 0.3 is 0 Å². The van der Waals surface area contributed by atoms with Gasteiger partial charge in [0.25, 0.3) is 5.91 Å². The van der Waals surface area contributed by atoms with Gasteiger partial charge in [-0.05, 0) is 59.8 Å². The zero-order valence-electron chi connectivity index (χ0n) is 9.67. The number of hydrogen-bond acceptors (Lipinski definition) is 1. The van der Waals surface area contributed by atoms with Gasteiger partial charge in [0.2, 0.25) is 0 Å². The molecule has 1 atom stereocenters. The molecule has 0 aromatic heterocycles. The monoisotopic (exact) mass is 315 g/mol. The van der Waals surface area contributed by atoms with Gasteiger partial charge in [-0.25, -0.2) is 0 Å². The van der Waals surface area contributed by atoms with E-state index in [1.165, 1.54) is 19.3 Å². The molecule has 2 rings (SSSR count). The van der Waals surface area contributed by atoms with E-state index in [1.807, 2.05) is 0 Å². The van der Waals surface area contributed by atoms with Crippen LogP contribution in [0.25, 0.3) is 0 Å². The summed E-state index contributed by atoms with van der Waals surface area (Å²) in [5.74, 6) is 0.579. The number of rotatable bonds is 3. The fourth-order valence-electron chi connectivity index (χ4n) is 2.01. The second-order valence-corrected chi connectivity index (χ2v) is 5.87. The molecule has 92 valence electrons. The molecule has 0 bridgehead atoms. The summed E-state index contributed by atoms with van der Waals surface area (Å²) in [6.07, 6.45) is 3.72. The molecule has 0 heterocycles. The summed E-state index contributed by atoms with van der Waals surface area (Å²) >= 11 is 9.27. The van der Waals surface area contributed by atoms with E-state index in [1.54, 1.807) is 18.2 Å². The van der Waals surface area contributed by atoms with Crippen molar-refractivity contribution in [3.8, 4) is 0 Å². The fourth-order valence-corrected chi connectivity index (χ4v) is 2.61. The van der Waals surface area contributed by atoms with Gasteiger partial charge in [0.05, 0.1) is 5.56 Å². The molecule has 1 amide bonds. The molecule has 0 spiro atoms. The highest BCUT2D eigenvalue weighted by Crippen LogP contribution is 2.29. The van der Waals surface area contributed by atoms with Gasteiger partial charge in [0.15, 0.2) is 0 Å². The molecular formula is C13H15BrClNO. The third-order valence-electron chi connectivity index (χ3n) is 3.39. The van der Waals surface area contributed by atoms with E-state index in [0.717, 1.165) is 4.47 Å². The van der Waals surface area contributed by atoms with Crippen LogP contribution in [0.2, 0.25) is 5.02 Å². The first-order valence-corrected chi connectivity index (χ1v) is 7.01. The Kier molecular flexibility index (Phi) is 4.10. The molecule has 1 aliphatic carbocycles. The van der Waals surface area contributed by atoms with E-state index < -0.39 is 0 Å². The van der Waals surface area contributed by atoms with Gasteiger partial charge in [-0.2, -0.15) is 0 Å². The Morgan fingerprint density at radius 1 is 1.53 bits per heavy atom. The van der Waals surface area contributed by atoms with Gasteiger partial charge < -0.3 is 5.32 Å². The van der Waals surface area contributed by atoms with Crippen molar-refractivity contribution in [2.75, 3.05) is 0 Å². The predicted molar refractivity (Wildman–Crippen MR) is 73.4 cm³/mol. The Morgan fingerprint density at radius 3 is 2.82 bits per heavy atom. The Morgan fingerprint density at radius 2 is 2.24 bits per heavy atom. The summed E-state index contributed by atoms with van der Waals surface area (Å²) in [5.41, 5.74) is 0.601. The van der Waals surface area contributed by atoms with Crippen LogP contribution in [-0.4, -0.2) is 11.9 Å². The highest BCUT2D eigenvalue weighted by molar-refractivity contribution is 9.10. The molecule has 0 aliphatic heterocycles. The lowest BCUT2D eigenvalue weighted by molar-refractivity contribution is 0.0908. The molecular weight excluding hydrogens is 302 g/mol. The van der Waals surface area contributed by atoms with Crippen LogP contribution in [-0.2, 0) is 0 Å². The lowest BCUT2D eigenvalue weighted by Gasteiger charge is -2.31. The topological polar surface area (TPSA) is 29.1 Å². The van der Waals surface area contributed by atoms with E-state index in [9.17, 15) is 4.79 Å². The lowest BCUT2D eigenvalue weighted by atomic mass is 9.80. The van der Waals surface area contributed by atoms with Crippen molar-refractivity contribution < 1.29 is 4.79 Å². The van der Waals surface area contributed by atoms with Crippen molar-refractivity contribution in [3.05, 3.63) is 33.3 Å². The van der Waals surface area contributed by atoms with Gasteiger partial charge in [-0.15, -0.1) is 0 Å². The first-order chi connectivity index (χ1) is 8.08. The number of halogens is 2.